The molecule has 1 atom stereocenters. The van der Waals surface area contributed by atoms with Gasteiger partial charge in [0.15, 0.2) is 5.16 Å². The average Bonchev–Trinajstić information content (AvgIpc) is 2.78. The zero-order valence-corrected chi connectivity index (χ0v) is 9.69. The predicted molar refractivity (Wildman–Crippen MR) is 64.5 cm³/mol. The molecular formula is C12H11N3S. The first-order valence-corrected chi connectivity index (χ1v) is 5.84. The van der Waals surface area contributed by atoms with Crippen LogP contribution in [0.3, 0.4) is 0 Å². The van der Waals surface area contributed by atoms with Crippen molar-refractivity contribution >= 4 is 11.8 Å². The molecule has 0 fully saturated rings. The minimum Gasteiger partial charge on any atom is -0.295 e. The van der Waals surface area contributed by atoms with E-state index in [0.29, 0.717) is 0 Å². The van der Waals surface area contributed by atoms with Gasteiger partial charge in [0.25, 0.3) is 0 Å². The Morgan fingerprint density at radius 3 is 2.81 bits per heavy atom. The fraction of sp³-hybridized carbons (Fsp3) is 0.167. The number of hydrogen-bond donors (Lipinski definition) is 0. The third-order valence-corrected chi connectivity index (χ3v) is 3.08. The van der Waals surface area contributed by atoms with Gasteiger partial charge in [0.2, 0.25) is 0 Å². The summed E-state index contributed by atoms with van der Waals surface area (Å²) in [5.74, 6) is 0. The summed E-state index contributed by atoms with van der Waals surface area (Å²) in [5, 5.41) is 9.54. The molecule has 4 heteroatoms. The van der Waals surface area contributed by atoms with E-state index in [-0.39, 0.29) is 5.25 Å². The molecule has 0 radical (unpaired) electrons. The van der Waals surface area contributed by atoms with Crippen LogP contribution in [0.2, 0.25) is 0 Å². The zero-order valence-electron chi connectivity index (χ0n) is 8.87. The van der Waals surface area contributed by atoms with E-state index in [1.165, 1.54) is 11.8 Å². The molecule has 1 heterocycles. The minimum absolute atomic E-state index is 0.0927. The Morgan fingerprint density at radius 1 is 1.38 bits per heavy atom. The number of nitrogens with zero attached hydrogens (tertiary/aromatic N) is 3. The Balaban J connectivity index is 2.30. The van der Waals surface area contributed by atoms with Crippen LogP contribution < -0.4 is 0 Å². The highest BCUT2D eigenvalue weighted by molar-refractivity contribution is 8.00. The summed E-state index contributed by atoms with van der Waals surface area (Å²) in [6, 6.07) is 12.2. The third-order valence-electron chi connectivity index (χ3n) is 2.11. The number of aromatic nitrogens is 2. The molecule has 3 nitrogen and oxygen atoms in total. The van der Waals surface area contributed by atoms with E-state index in [2.05, 4.69) is 11.1 Å². The molecule has 80 valence electrons. The van der Waals surface area contributed by atoms with E-state index < -0.39 is 0 Å². The van der Waals surface area contributed by atoms with Crippen LogP contribution in [0.25, 0.3) is 5.69 Å². The molecule has 0 amide bonds. The number of para-hydroxylation sites is 1. The van der Waals surface area contributed by atoms with E-state index in [1.807, 2.05) is 48.0 Å². The lowest BCUT2D eigenvalue weighted by atomic mass is 10.3. The van der Waals surface area contributed by atoms with Crippen molar-refractivity contribution in [3.05, 3.63) is 42.7 Å². The Hall–Kier alpha value is -1.73. The lowest BCUT2D eigenvalue weighted by molar-refractivity contribution is 0.892. The van der Waals surface area contributed by atoms with Gasteiger partial charge in [-0.15, -0.1) is 0 Å². The van der Waals surface area contributed by atoms with Gasteiger partial charge >= 0.3 is 0 Å². The maximum Gasteiger partial charge on any atom is 0.173 e. The molecular weight excluding hydrogens is 218 g/mol. The van der Waals surface area contributed by atoms with Crippen LogP contribution in [-0.2, 0) is 0 Å². The topological polar surface area (TPSA) is 41.6 Å². The maximum absolute atomic E-state index is 8.79. The smallest absolute Gasteiger partial charge is 0.173 e. The van der Waals surface area contributed by atoms with Crippen molar-refractivity contribution in [3.8, 4) is 11.8 Å². The maximum atomic E-state index is 8.79. The van der Waals surface area contributed by atoms with Crippen molar-refractivity contribution in [2.24, 2.45) is 0 Å². The summed E-state index contributed by atoms with van der Waals surface area (Å²) in [5.41, 5.74) is 1.06. The summed E-state index contributed by atoms with van der Waals surface area (Å²) >= 11 is 1.46. The fourth-order valence-electron chi connectivity index (χ4n) is 1.35. The largest absolute Gasteiger partial charge is 0.295 e. The van der Waals surface area contributed by atoms with Gasteiger partial charge in [-0.3, -0.25) is 4.57 Å². The lowest BCUT2D eigenvalue weighted by Gasteiger charge is -2.07. The van der Waals surface area contributed by atoms with E-state index in [1.54, 1.807) is 6.20 Å². The van der Waals surface area contributed by atoms with Crippen LogP contribution >= 0.6 is 11.8 Å². The van der Waals surface area contributed by atoms with E-state index in [9.17, 15) is 0 Å². The lowest BCUT2D eigenvalue weighted by Crippen LogP contribution is -1.98. The number of benzene rings is 1. The Labute approximate surface area is 98.7 Å². The fourth-order valence-corrected chi connectivity index (χ4v) is 2.12. The van der Waals surface area contributed by atoms with Gasteiger partial charge in [0.05, 0.1) is 11.3 Å². The van der Waals surface area contributed by atoms with Gasteiger partial charge in [0.1, 0.15) is 0 Å². The first kappa shape index (κ1) is 10.8. The van der Waals surface area contributed by atoms with Crippen molar-refractivity contribution in [2.75, 3.05) is 0 Å². The number of rotatable bonds is 3. The Morgan fingerprint density at radius 2 is 2.12 bits per heavy atom. The molecule has 0 aliphatic rings. The van der Waals surface area contributed by atoms with Gasteiger partial charge in [-0.2, -0.15) is 5.26 Å². The van der Waals surface area contributed by atoms with Gasteiger partial charge < -0.3 is 0 Å². The number of nitriles is 1. The van der Waals surface area contributed by atoms with Crippen LogP contribution in [0, 0.1) is 11.3 Å². The molecule has 2 aromatic rings. The highest BCUT2D eigenvalue weighted by atomic mass is 32.2. The SMILES string of the molecule is C[C@@H](C#N)Sc1nccn1-c1ccccc1. The molecule has 0 aliphatic carbocycles. The zero-order chi connectivity index (χ0) is 11.4. The molecule has 0 aliphatic heterocycles. The molecule has 0 N–H and O–H groups in total. The third kappa shape index (κ3) is 2.26. The molecule has 1 aromatic heterocycles. The summed E-state index contributed by atoms with van der Waals surface area (Å²) in [4.78, 5) is 4.26. The van der Waals surface area contributed by atoms with Crippen molar-refractivity contribution in [1.82, 2.24) is 9.55 Å². The van der Waals surface area contributed by atoms with Crippen molar-refractivity contribution in [2.45, 2.75) is 17.3 Å². The molecule has 0 bridgehead atoms. The summed E-state index contributed by atoms with van der Waals surface area (Å²) in [7, 11) is 0. The van der Waals surface area contributed by atoms with Crippen molar-refractivity contribution < 1.29 is 0 Å². The van der Waals surface area contributed by atoms with Crippen LogP contribution in [-0.4, -0.2) is 14.8 Å². The molecule has 0 saturated carbocycles. The molecule has 2 rings (SSSR count). The molecule has 1 aromatic carbocycles. The second-order valence-electron chi connectivity index (χ2n) is 3.30. The van der Waals surface area contributed by atoms with Gasteiger partial charge in [0, 0.05) is 18.1 Å². The number of hydrogen-bond acceptors (Lipinski definition) is 3. The quantitative estimate of drug-likeness (QED) is 0.760. The Bertz CT molecular complexity index is 498. The first-order valence-electron chi connectivity index (χ1n) is 4.96. The standard InChI is InChI=1S/C12H11N3S/c1-10(9-13)16-12-14-7-8-15(12)11-5-3-2-4-6-11/h2-8,10H,1H3/t10-/m0/s1. The van der Waals surface area contributed by atoms with Gasteiger partial charge in [-0.25, -0.2) is 4.98 Å². The number of imidazole rings is 1. The molecule has 0 spiro atoms. The van der Waals surface area contributed by atoms with E-state index >= 15 is 0 Å². The van der Waals surface area contributed by atoms with Crippen LogP contribution in [0.1, 0.15) is 6.92 Å². The molecule has 16 heavy (non-hydrogen) atoms. The van der Waals surface area contributed by atoms with Crippen LogP contribution in [0.5, 0.6) is 0 Å². The highest BCUT2D eigenvalue weighted by Crippen LogP contribution is 2.23. The number of thioether (sulfide) groups is 1. The second-order valence-corrected chi connectivity index (χ2v) is 4.61. The van der Waals surface area contributed by atoms with Crippen LogP contribution in [0.15, 0.2) is 47.9 Å². The van der Waals surface area contributed by atoms with E-state index in [0.717, 1.165) is 10.8 Å². The highest BCUT2D eigenvalue weighted by Gasteiger charge is 2.09. The minimum atomic E-state index is -0.0927. The summed E-state index contributed by atoms with van der Waals surface area (Å²) in [6.45, 7) is 1.87. The predicted octanol–water partition coefficient (Wildman–Crippen LogP) is 2.88. The summed E-state index contributed by atoms with van der Waals surface area (Å²) < 4.78 is 1.98. The van der Waals surface area contributed by atoms with Crippen molar-refractivity contribution in [3.63, 3.8) is 0 Å². The van der Waals surface area contributed by atoms with Gasteiger partial charge in [-0.05, 0) is 19.1 Å². The second kappa shape index (κ2) is 4.86. The average molecular weight is 229 g/mol. The first-order chi connectivity index (χ1) is 7.81. The normalized spacial score (nSPS) is 12.0. The van der Waals surface area contributed by atoms with Crippen molar-refractivity contribution in [1.29, 1.82) is 5.26 Å². The van der Waals surface area contributed by atoms with Crippen LogP contribution in [0.4, 0.5) is 0 Å². The Kier molecular flexibility index (Phi) is 3.28. The molecule has 0 saturated heterocycles. The van der Waals surface area contributed by atoms with E-state index in [4.69, 9.17) is 5.26 Å². The monoisotopic (exact) mass is 229 g/mol. The summed E-state index contributed by atoms with van der Waals surface area (Å²) in [6.07, 6.45) is 3.65. The molecule has 0 unspecified atom stereocenters. The van der Waals surface area contributed by atoms with Gasteiger partial charge in [-0.1, -0.05) is 30.0 Å².